The highest BCUT2D eigenvalue weighted by Gasteiger charge is 2.30. The van der Waals surface area contributed by atoms with E-state index in [0.717, 1.165) is 0 Å². The summed E-state index contributed by atoms with van der Waals surface area (Å²) < 4.78 is 12.1. The summed E-state index contributed by atoms with van der Waals surface area (Å²) in [6.45, 7) is 4.38. The molecular weight excluding hydrogens is 416 g/mol. The van der Waals surface area contributed by atoms with Crippen LogP contribution in [0.4, 0.5) is 5.69 Å². The van der Waals surface area contributed by atoms with Crippen molar-refractivity contribution in [3.8, 4) is 5.69 Å². The van der Waals surface area contributed by atoms with Crippen molar-refractivity contribution in [1.29, 1.82) is 0 Å². The van der Waals surface area contributed by atoms with Crippen molar-refractivity contribution < 1.29 is 19.2 Å². The lowest BCUT2D eigenvalue weighted by molar-refractivity contribution is -0.384. The van der Waals surface area contributed by atoms with Gasteiger partial charge in [-0.1, -0.05) is 12.1 Å². The topological polar surface area (TPSA) is 126 Å². The molecule has 2 aromatic carbocycles. The van der Waals surface area contributed by atoms with Gasteiger partial charge in [-0.25, -0.2) is 4.79 Å². The van der Waals surface area contributed by atoms with Crippen molar-refractivity contribution in [3.63, 3.8) is 0 Å². The molecule has 4 rings (SSSR count). The number of ether oxygens (including phenoxy) is 2. The Hall–Kier alpha value is -3.70. The number of aromatic nitrogens is 4. The summed E-state index contributed by atoms with van der Waals surface area (Å²) in [6, 6.07) is 12.8. The van der Waals surface area contributed by atoms with Crippen LogP contribution in [-0.4, -0.2) is 68.9 Å². The molecule has 0 N–H and O–H groups in total. The summed E-state index contributed by atoms with van der Waals surface area (Å²) in [4.78, 5) is 25.0. The molecule has 2 heterocycles. The van der Waals surface area contributed by atoms with Gasteiger partial charge in [0.05, 0.1) is 42.0 Å². The SMILES string of the molecule is CCOC(=O)c1ccc(-n2nnnc2C(c2cccc([N+](=O)[O-])c2)N2CCOCC2)cc1. The number of non-ortho nitro benzene ring substituents is 1. The van der Waals surface area contributed by atoms with E-state index in [2.05, 4.69) is 20.4 Å². The Morgan fingerprint density at radius 3 is 2.66 bits per heavy atom. The molecule has 1 unspecified atom stereocenters. The van der Waals surface area contributed by atoms with E-state index in [1.807, 2.05) is 6.07 Å². The summed E-state index contributed by atoms with van der Waals surface area (Å²) in [5.41, 5.74) is 1.79. The molecule has 1 fully saturated rings. The van der Waals surface area contributed by atoms with Crippen LogP contribution in [0, 0.1) is 10.1 Å². The molecule has 11 nitrogen and oxygen atoms in total. The molecule has 11 heteroatoms. The molecule has 0 aliphatic carbocycles. The van der Waals surface area contributed by atoms with Crippen LogP contribution in [-0.2, 0) is 9.47 Å². The number of nitrogens with zero attached hydrogens (tertiary/aromatic N) is 6. The molecule has 3 aromatic rings. The summed E-state index contributed by atoms with van der Waals surface area (Å²) >= 11 is 0. The van der Waals surface area contributed by atoms with Crippen LogP contribution in [0.15, 0.2) is 48.5 Å². The minimum Gasteiger partial charge on any atom is -0.462 e. The first-order valence-electron chi connectivity index (χ1n) is 10.2. The van der Waals surface area contributed by atoms with Crippen molar-refractivity contribution in [2.45, 2.75) is 13.0 Å². The Bertz CT molecular complexity index is 1090. The zero-order chi connectivity index (χ0) is 22.5. The van der Waals surface area contributed by atoms with Crippen LogP contribution >= 0.6 is 0 Å². The number of carbonyl (C=O) groups is 1. The summed E-state index contributed by atoms with van der Waals surface area (Å²) in [7, 11) is 0. The molecule has 0 radical (unpaired) electrons. The van der Waals surface area contributed by atoms with Crippen molar-refractivity contribution in [1.82, 2.24) is 25.1 Å². The van der Waals surface area contributed by atoms with Crippen molar-refractivity contribution >= 4 is 11.7 Å². The van der Waals surface area contributed by atoms with Gasteiger partial charge in [-0.05, 0) is 47.2 Å². The molecule has 1 atom stereocenters. The van der Waals surface area contributed by atoms with Crippen LogP contribution in [0.3, 0.4) is 0 Å². The number of tetrazole rings is 1. The molecule has 1 aliphatic rings. The second-order valence-electron chi connectivity index (χ2n) is 7.12. The molecule has 1 aromatic heterocycles. The van der Waals surface area contributed by atoms with Gasteiger partial charge in [0.1, 0.15) is 0 Å². The first-order valence-corrected chi connectivity index (χ1v) is 10.2. The lowest BCUT2D eigenvalue weighted by Gasteiger charge is -2.33. The number of hydrogen-bond donors (Lipinski definition) is 0. The molecule has 166 valence electrons. The second-order valence-corrected chi connectivity index (χ2v) is 7.12. The van der Waals surface area contributed by atoms with Crippen molar-refractivity contribution in [2.75, 3.05) is 32.9 Å². The summed E-state index contributed by atoms with van der Waals surface area (Å²) in [5.74, 6) is 0.107. The zero-order valence-electron chi connectivity index (χ0n) is 17.5. The Kier molecular flexibility index (Phi) is 6.47. The minimum absolute atomic E-state index is 0.00132. The fraction of sp³-hybridized carbons (Fsp3) is 0.333. The van der Waals surface area contributed by atoms with E-state index in [4.69, 9.17) is 9.47 Å². The van der Waals surface area contributed by atoms with Gasteiger partial charge in [0, 0.05) is 25.2 Å². The number of morpholine rings is 1. The largest absolute Gasteiger partial charge is 0.462 e. The smallest absolute Gasteiger partial charge is 0.338 e. The van der Waals surface area contributed by atoms with Crippen LogP contribution in [0.2, 0.25) is 0 Å². The van der Waals surface area contributed by atoms with Gasteiger partial charge in [0.2, 0.25) is 0 Å². The third-order valence-corrected chi connectivity index (χ3v) is 5.17. The van der Waals surface area contributed by atoms with Crippen LogP contribution < -0.4 is 0 Å². The molecule has 1 saturated heterocycles. The normalized spacial score (nSPS) is 15.3. The summed E-state index contributed by atoms with van der Waals surface area (Å²) in [6.07, 6.45) is 0. The summed E-state index contributed by atoms with van der Waals surface area (Å²) in [5, 5.41) is 23.6. The predicted molar refractivity (Wildman–Crippen MR) is 112 cm³/mol. The first-order chi connectivity index (χ1) is 15.6. The van der Waals surface area contributed by atoms with E-state index in [-0.39, 0.29) is 5.69 Å². The Labute approximate surface area is 183 Å². The maximum absolute atomic E-state index is 12.0. The highest BCUT2D eigenvalue weighted by Crippen LogP contribution is 2.31. The fourth-order valence-electron chi connectivity index (χ4n) is 3.67. The average molecular weight is 438 g/mol. The van der Waals surface area contributed by atoms with Gasteiger partial charge in [0.15, 0.2) is 5.82 Å². The quantitative estimate of drug-likeness (QED) is 0.310. The molecule has 1 aliphatic heterocycles. The van der Waals surface area contributed by atoms with Crippen LogP contribution in [0.1, 0.15) is 34.7 Å². The highest BCUT2D eigenvalue weighted by atomic mass is 16.6. The van der Waals surface area contributed by atoms with E-state index >= 15 is 0 Å². The average Bonchev–Trinajstić information content (AvgIpc) is 3.30. The highest BCUT2D eigenvalue weighted by molar-refractivity contribution is 5.89. The van der Waals surface area contributed by atoms with Crippen molar-refractivity contribution in [2.24, 2.45) is 0 Å². The standard InChI is InChI=1S/C21H22N6O5/c1-2-32-21(28)15-6-8-17(9-7-15)26-20(22-23-24-26)19(25-10-12-31-13-11-25)16-4-3-5-18(14-16)27(29)30/h3-9,14,19H,2,10-13H2,1H3. The minimum atomic E-state index is -0.420. The van der Waals surface area contributed by atoms with Gasteiger partial charge in [0.25, 0.3) is 5.69 Å². The molecule has 0 amide bonds. The number of nitro benzene ring substituents is 1. The van der Waals surface area contributed by atoms with Gasteiger partial charge < -0.3 is 9.47 Å². The first kappa shape index (κ1) is 21.5. The van der Waals surface area contributed by atoms with E-state index in [0.29, 0.717) is 55.5 Å². The zero-order valence-corrected chi connectivity index (χ0v) is 17.5. The lowest BCUT2D eigenvalue weighted by Crippen LogP contribution is -2.40. The molecule has 0 saturated carbocycles. The molecule has 0 spiro atoms. The van der Waals surface area contributed by atoms with Gasteiger partial charge in [-0.15, -0.1) is 5.10 Å². The van der Waals surface area contributed by atoms with Crippen LogP contribution in [0.5, 0.6) is 0 Å². The number of carbonyl (C=O) groups excluding carboxylic acids is 1. The predicted octanol–water partition coefficient (Wildman–Crippen LogP) is 2.17. The Morgan fingerprint density at radius 2 is 1.97 bits per heavy atom. The number of hydrogen-bond acceptors (Lipinski definition) is 9. The van der Waals surface area contributed by atoms with Gasteiger partial charge in [-0.3, -0.25) is 15.0 Å². The van der Waals surface area contributed by atoms with E-state index in [1.54, 1.807) is 48.0 Å². The second kappa shape index (κ2) is 9.62. The van der Waals surface area contributed by atoms with E-state index < -0.39 is 16.9 Å². The van der Waals surface area contributed by atoms with Crippen molar-refractivity contribution in [3.05, 3.63) is 75.6 Å². The fourth-order valence-corrected chi connectivity index (χ4v) is 3.67. The number of esters is 1. The van der Waals surface area contributed by atoms with E-state index in [1.165, 1.54) is 6.07 Å². The van der Waals surface area contributed by atoms with Gasteiger partial charge >= 0.3 is 5.97 Å². The van der Waals surface area contributed by atoms with Crippen LogP contribution in [0.25, 0.3) is 5.69 Å². The Balaban J connectivity index is 1.74. The maximum atomic E-state index is 12.0. The molecular formula is C21H22N6O5. The third-order valence-electron chi connectivity index (χ3n) is 5.17. The number of rotatable bonds is 7. The van der Waals surface area contributed by atoms with E-state index in [9.17, 15) is 14.9 Å². The van der Waals surface area contributed by atoms with Gasteiger partial charge in [-0.2, -0.15) is 4.68 Å². The number of benzene rings is 2. The lowest BCUT2D eigenvalue weighted by atomic mass is 10.0. The molecule has 0 bridgehead atoms. The monoisotopic (exact) mass is 438 g/mol. The Morgan fingerprint density at radius 1 is 1.22 bits per heavy atom. The molecule has 32 heavy (non-hydrogen) atoms. The maximum Gasteiger partial charge on any atom is 0.338 e. The third kappa shape index (κ3) is 4.48. The number of nitro groups is 1.